The van der Waals surface area contributed by atoms with Crippen molar-refractivity contribution in [1.29, 1.82) is 0 Å². The summed E-state index contributed by atoms with van der Waals surface area (Å²) >= 11 is 1.81. The molecule has 0 spiro atoms. The molecular weight excluding hydrogens is 580 g/mol. The first-order valence-electron chi connectivity index (χ1n) is 11.4. The van der Waals surface area contributed by atoms with Crippen LogP contribution >= 0.6 is 23.5 Å². The number of carbonyl (C=O) groups excluding carboxylic acids is 4. The van der Waals surface area contributed by atoms with Crippen LogP contribution in [0.15, 0.2) is 0 Å². The molecule has 0 aromatic carbocycles. The van der Waals surface area contributed by atoms with Crippen LogP contribution in [0.5, 0.6) is 0 Å². The van der Waals surface area contributed by atoms with Crippen LogP contribution in [0.25, 0.3) is 0 Å². The van der Waals surface area contributed by atoms with Crippen LogP contribution in [0.1, 0.15) is 25.7 Å². The average Bonchev–Trinajstić information content (AvgIpc) is 2.87. The van der Waals surface area contributed by atoms with Gasteiger partial charge in [0, 0.05) is 23.7 Å². The van der Waals surface area contributed by atoms with Crippen LogP contribution in [0.2, 0.25) is 0 Å². The smallest absolute Gasteiger partial charge is 0.322 e. The molecule has 4 atom stereocenters. The minimum absolute atomic E-state index is 0.00253. The minimum Gasteiger partial charge on any atom is -0.480 e. The van der Waals surface area contributed by atoms with E-state index in [0.717, 1.165) is 23.5 Å². The number of thioether (sulfide) groups is 2. The number of aliphatic carboxylic acids is 4. The summed E-state index contributed by atoms with van der Waals surface area (Å²) in [4.78, 5) is 92.3. The molecule has 18 nitrogen and oxygen atoms in total. The first kappa shape index (κ1) is 36.4. The van der Waals surface area contributed by atoms with Crippen molar-refractivity contribution >= 4 is 71.0 Å². The zero-order chi connectivity index (χ0) is 30.8. The lowest BCUT2D eigenvalue weighted by Gasteiger charge is -2.20. The number of nitrogens with one attached hydrogen (secondary N) is 4. The van der Waals surface area contributed by atoms with Crippen LogP contribution in [-0.2, 0) is 38.4 Å². The van der Waals surface area contributed by atoms with E-state index in [9.17, 15) is 38.4 Å². The molecule has 12 N–H and O–H groups in total. The molecule has 0 aromatic heterocycles. The molecule has 0 saturated heterocycles. The fourth-order valence-electron chi connectivity index (χ4n) is 2.49. The molecule has 4 amide bonds. The van der Waals surface area contributed by atoms with E-state index >= 15 is 0 Å². The Bertz CT molecular complexity index is 879. The SMILES string of the molecule is N[C@@H](CCC(=O)N[C@@H](CSCS[C@H](NC(=O)CC[C@H](N)C(=O)O)C(=O)NCC(=O)O)C(=O)NCC(=O)O)C(=O)O. The van der Waals surface area contributed by atoms with Crippen molar-refractivity contribution < 1.29 is 58.8 Å². The summed E-state index contributed by atoms with van der Waals surface area (Å²) in [6.07, 6.45) is -1.13. The van der Waals surface area contributed by atoms with Gasteiger partial charge in [-0.2, -0.15) is 0 Å². The van der Waals surface area contributed by atoms with E-state index in [1.165, 1.54) is 0 Å². The number of carboxylic acid groups (broad SMARTS) is 4. The van der Waals surface area contributed by atoms with Gasteiger partial charge in [-0.15, -0.1) is 23.5 Å². The topological polar surface area (TPSA) is 318 Å². The molecule has 0 saturated carbocycles. The maximum atomic E-state index is 12.4. The zero-order valence-electron chi connectivity index (χ0n) is 21.0. The molecular formula is C20H32N6O12S2. The first-order valence-corrected chi connectivity index (χ1v) is 13.6. The van der Waals surface area contributed by atoms with Crippen LogP contribution in [0.4, 0.5) is 0 Å². The second kappa shape index (κ2) is 19.4. The van der Waals surface area contributed by atoms with Gasteiger partial charge >= 0.3 is 23.9 Å². The number of rotatable bonds is 21. The monoisotopic (exact) mass is 612 g/mol. The highest BCUT2D eigenvalue weighted by atomic mass is 32.2. The normalized spacial score (nSPS) is 13.6. The number of carboxylic acids is 4. The summed E-state index contributed by atoms with van der Waals surface area (Å²) in [5.74, 6) is -8.66. The maximum Gasteiger partial charge on any atom is 0.322 e. The molecule has 0 aliphatic rings. The molecule has 0 bridgehead atoms. The van der Waals surface area contributed by atoms with Gasteiger partial charge in [0.05, 0.1) is 0 Å². The van der Waals surface area contributed by atoms with Crippen molar-refractivity contribution in [3.05, 3.63) is 0 Å². The minimum atomic E-state index is -1.35. The molecule has 0 rings (SSSR count). The van der Waals surface area contributed by atoms with Crippen LogP contribution in [0, 0.1) is 0 Å². The standard InChI is InChI=1S/C20H32N6O12S2/c21-9(19(35)36)1-3-12(27)25-11(16(33)23-5-14(29)30)7-39-8-40-18(17(34)24-6-15(31)32)26-13(28)4-2-10(22)20(37)38/h9-11,18H,1-8,21-22H2,(H,23,33)(H,24,34)(H,25,27)(H,26,28)(H,29,30)(H,31,32)(H,35,36)(H,37,38)/t9-,10-,11-,18-/m0/s1. The van der Waals surface area contributed by atoms with Crippen molar-refractivity contribution in [3.63, 3.8) is 0 Å². The third-order valence-corrected chi connectivity index (χ3v) is 7.06. The molecule has 0 unspecified atom stereocenters. The van der Waals surface area contributed by atoms with Gasteiger partial charge in [-0.3, -0.25) is 38.4 Å². The number of hydrogen-bond acceptors (Lipinski definition) is 12. The Labute approximate surface area is 235 Å². The van der Waals surface area contributed by atoms with Crippen molar-refractivity contribution in [1.82, 2.24) is 21.3 Å². The van der Waals surface area contributed by atoms with E-state index in [1.807, 2.05) is 0 Å². The largest absolute Gasteiger partial charge is 0.480 e. The van der Waals surface area contributed by atoms with Gasteiger partial charge < -0.3 is 53.2 Å². The van der Waals surface area contributed by atoms with Gasteiger partial charge in [0.2, 0.25) is 17.7 Å². The molecule has 0 aliphatic carbocycles. The van der Waals surface area contributed by atoms with Crippen LogP contribution < -0.4 is 32.7 Å². The van der Waals surface area contributed by atoms with Gasteiger partial charge in [0.15, 0.2) is 5.37 Å². The van der Waals surface area contributed by atoms with Gasteiger partial charge in [0.1, 0.15) is 31.2 Å². The number of amides is 4. The summed E-state index contributed by atoms with van der Waals surface area (Å²) in [6, 6.07) is -3.88. The van der Waals surface area contributed by atoms with Crippen molar-refractivity contribution in [2.45, 2.75) is 49.2 Å². The zero-order valence-corrected chi connectivity index (χ0v) is 22.6. The lowest BCUT2D eigenvalue weighted by Crippen LogP contribution is -2.49. The van der Waals surface area contributed by atoms with Crippen molar-refractivity contribution in [3.8, 4) is 0 Å². The Morgan fingerprint density at radius 3 is 1.57 bits per heavy atom. The molecule has 0 radical (unpaired) electrons. The Morgan fingerprint density at radius 1 is 0.675 bits per heavy atom. The highest BCUT2D eigenvalue weighted by Gasteiger charge is 2.25. The first-order chi connectivity index (χ1) is 18.6. The fourth-order valence-corrected chi connectivity index (χ4v) is 4.73. The van der Waals surface area contributed by atoms with E-state index in [2.05, 4.69) is 21.3 Å². The fraction of sp³-hybridized carbons (Fsp3) is 0.600. The second-order valence-electron chi connectivity index (χ2n) is 7.91. The molecule has 0 aliphatic heterocycles. The van der Waals surface area contributed by atoms with Crippen molar-refractivity contribution in [2.24, 2.45) is 11.5 Å². The third-order valence-electron chi connectivity index (χ3n) is 4.61. The number of nitrogens with two attached hydrogens (primary N) is 2. The molecule has 40 heavy (non-hydrogen) atoms. The highest BCUT2D eigenvalue weighted by molar-refractivity contribution is 8.16. The Morgan fingerprint density at radius 2 is 1.12 bits per heavy atom. The van der Waals surface area contributed by atoms with Gasteiger partial charge in [-0.1, -0.05) is 0 Å². The molecule has 0 fully saturated rings. The number of carbonyl (C=O) groups is 8. The Balaban J connectivity index is 5.18. The summed E-state index contributed by atoms with van der Waals surface area (Å²) < 4.78 is 0. The van der Waals surface area contributed by atoms with Crippen molar-refractivity contribution in [2.75, 3.05) is 23.9 Å². The predicted octanol–water partition coefficient (Wildman–Crippen LogP) is -3.88. The summed E-state index contributed by atoms with van der Waals surface area (Å²) in [6.45, 7) is -1.48. The van der Waals surface area contributed by atoms with E-state index in [4.69, 9.17) is 31.9 Å². The molecule has 20 heteroatoms. The van der Waals surface area contributed by atoms with Gasteiger partial charge in [0.25, 0.3) is 5.91 Å². The third kappa shape index (κ3) is 17.1. The van der Waals surface area contributed by atoms with Crippen LogP contribution in [0.3, 0.4) is 0 Å². The summed E-state index contributed by atoms with van der Waals surface area (Å²) in [5.41, 5.74) is 10.7. The van der Waals surface area contributed by atoms with Crippen LogP contribution in [-0.4, -0.2) is 115 Å². The van der Waals surface area contributed by atoms with E-state index in [0.29, 0.717) is 0 Å². The maximum absolute atomic E-state index is 12.4. The van der Waals surface area contributed by atoms with E-state index < -0.39 is 84.1 Å². The predicted molar refractivity (Wildman–Crippen MR) is 140 cm³/mol. The lowest BCUT2D eigenvalue weighted by atomic mass is 10.1. The van der Waals surface area contributed by atoms with Gasteiger partial charge in [-0.25, -0.2) is 0 Å². The quantitative estimate of drug-likeness (QED) is 0.0437. The lowest BCUT2D eigenvalue weighted by molar-refractivity contribution is -0.140. The summed E-state index contributed by atoms with van der Waals surface area (Å²) in [5, 5.41) is 42.7. The molecule has 226 valence electrons. The molecule has 0 heterocycles. The highest BCUT2D eigenvalue weighted by Crippen LogP contribution is 2.18. The Hall–Kier alpha value is -3.62. The Kier molecular flexibility index (Phi) is 17.7. The summed E-state index contributed by atoms with van der Waals surface area (Å²) in [7, 11) is 0. The second-order valence-corrected chi connectivity index (χ2v) is 10.4. The van der Waals surface area contributed by atoms with E-state index in [1.54, 1.807) is 0 Å². The van der Waals surface area contributed by atoms with Gasteiger partial charge in [-0.05, 0) is 12.8 Å². The molecule has 0 aromatic rings. The number of hydrogen-bond donors (Lipinski definition) is 10. The van der Waals surface area contributed by atoms with E-state index in [-0.39, 0.29) is 36.5 Å². The average molecular weight is 613 g/mol.